The summed E-state index contributed by atoms with van der Waals surface area (Å²) in [4.78, 5) is 53.4. The number of rotatable bonds is 6. The number of carbonyl (C=O) groups excluding carboxylic acids is 3. The van der Waals surface area contributed by atoms with Crippen molar-refractivity contribution in [2.45, 2.75) is 51.5 Å². The van der Waals surface area contributed by atoms with Crippen LogP contribution in [0.25, 0.3) is 0 Å². The number of carboxylic acids is 1. The lowest BCUT2D eigenvalue weighted by Crippen LogP contribution is -2.62. The minimum absolute atomic E-state index is 0.249. The molecule has 0 aromatic heterocycles. The lowest BCUT2D eigenvalue weighted by atomic mass is 9.44. The van der Waals surface area contributed by atoms with E-state index in [0.717, 1.165) is 19.3 Å². The predicted octanol–water partition coefficient (Wildman–Crippen LogP) is 3.31. The van der Waals surface area contributed by atoms with E-state index in [-0.39, 0.29) is 29.5 Å². The van der Waals surface area contributed by atoms with Gasteiger partial charge in [-0.1, -0.05) is 0 Å². The molecule has 3 atom stereocenters. The standard InChI is InChI=1S/C25H32N2O7/c1-15(20(28)29)27(18-5-7-19(8-6-18)34-23(32)26(2)3)21(30)24-10-16-9-17(11-24)13-25(12-16,14-24)22(31)33-4/h5-8,15-17H,9-14H2,1-4H3,(H,28,29)/t15-,16?,17?,24?,25?/m0/s1. The predicted molar refractivity (Wildman–Crippen MR) is 122 cm³/mol. The molecule has 1 N–H and O–H groups in total. The van der Waals surface area contributed by atoms with E-state index in [9.17, 15) is 24.3 Å². The molecule has 0 aliphatic heterocycles. The van der Waals surface area contributed by atoms with Crippen LogP contribution in [0.15, 0.2) is 24.3 Å². The van der Waals surface area contributed by atoms with Gasteiger partial charge in [-0.2, -0.15) is 0 Å². The molecule has 2 unspecified atom stereocenters. The summed E-state index contributed by atoms with van der Waals surface area (Å²) >= 11 is 0. The highest BCUT2D eigenvalue weighted by Gasteiger charge is 2.64. The Morgan fingerprint density at radius 2 is 1.56 bits per heavy atom. The van der Waals surface area contributed by atoms with E-state index in [1.807, 2.05) is 0 Å². The summed E-state index contributed by atoms with van der Waals surface area (Å²) in [7, 11) is 4.52. The van der Waals surface area contributed by atoms with Gasteiger partial charge in [-0.15, -0.1) is 0 Å². The second-order valence-corrected chi connectivity index (χ2v) is 10.5. The maximum Gasteiger partial charge on any atom is 0.414 e. The van der Waals surface area contributed by atoms with Crippen LogP contribution in [0.4, 0.5) is 10.5 Å². The Bertz CT molecular complexity index is 989. The maximum absolute atomic E-state index is 14.2. The molecule has 4 fully saturated rings. The van der Waals surface area contributed by atoms with Gasteiger partial charge >= 0.3 is 18.0 Å². The number of hydrogen-bond acceptors (Lipinski definition) is 6. The van der Waals surface area contributed by atoms with Gasteiger partial charge < -0.3 is 19.5 Å². The number of methoxy groups -OCH3 is 1. The van der Waals surface area contributed by atoms with Gasteiger partial charge in [0.25, 0.3) is 0 Å². The number of esters is 1. The molecule has 1 aromatic carbocycles. The Morgan fingerprint density at radius 1 is 1.00 bits per heavy atom. The molecule has 5 rings (SSSR count). The first-order valence-electron chi connectivity index (χ1n) is 11.6. The zero-order chi connectivity index (χ0) is 24.8. The SMILES string of the molecule is COC(=O)C12CC3CC(C1)CC(C(=O)N(c1ccc(OC(=O)N(C)C)cc1)[C@@H](C)C(=O)O)(C3)C2. The second-order valence-electron chi connectivity index (χ2n) is 10.5. The van der Waals surface area contributed by atoms with Crippen molar-refractivity contribution < 1.29 is 33.8 Å². The van der Waals surface area contributed by atoms with Gasteiger partial charge in [-0.3, -0.25) is 14.5 Å². The van der Waals surface area contributed by atoms with Crippen molar-refractivity contribution in [3.63, 3.8) is 0 Å². The molecule has 9 nitrogen and oxygen atoms in total. The Kier molecular flexibility index (Phi) is 6.08. The number of ether oxygens (including phenoxy) is 2. The monoisotopic (exact) mass is 472 g/mol. The summed E-state index contributed by atoms with van der Waals surface area (Å²) in [5, 5.41) is 9.81. The molecular formula is C25H32N2O7. The summed E-state index contributed by atoms with van der Waals surface area (Å²) in [5.74, 6) is -0.856. The lowest BCUT2D eigenvalue weighted by molar-refractivity contribution is -0.181. The summed E-state index contributed by atoms with van der Waals surface area (Å²) in [6.07, 6.45) is 3.61. The first-order valence-corrected chi connectivity index (χ1v) is 11.6. The Labute approximate surface area is 199 Å². The van der Waals surface area contributed by atoms with E-state index in [4.69, 9.17) is 9.47 Å². The van der Waals surface area contributed by atoms with Crippen molar-refractivity contribution in [2.24, 2.45) is 22.7 Å². The topological polar surface area (TPSA) is 113 Å². The number of nitrogens with zero attached hydrogens (tertiary/aromatic N) is 2. The van der Waals surface area contributed by atoms with Gasteiger partial charge in [0.15, 0.2) is 0 Å². The van der Waals surface area contributed by atoms with Crippen LogP contribution in [-0.4, -0.2) is 61.2 Å². The van der Waals surface area contributed by atoms with Crippen LogP contribution >= 0.6 is 0 Å². The third-order valence-corrected chi connectivity index (χ3v) is 7.78. The van der Waals surface area contributed by atoms with Crippen LogP contribution in [0.5, 0.6) is 5.75 Å². The summed E-state index contributed by atoms with van der Waals surface area (Å²) in [6.45, 7) is 1.48. The first-order chi connectivity index (χ1) is 16.0. The van der Waals surface area contributed by atoms with Crippen molar-refractivity contribution in [2.75, 3.05) is 26.1 Å². The van der Waals surface area contributed by atoms with Gasteiger partial charge in [0.1, 0.15) is 11.8 Å². The third-order valence-electron chi connectivity index (χ3n) is 7.78. The number of carbonyl (C=O) groups is 4. The van der Waals surface area contributed by atoms with Crippen molar-refractivity contribution >= 4 is 29.6 Å². The summed E-state index contributed by atoms with van der Waals surface area (Å²) < 4.78 is 10.4. The van der Waals surface area contributed by atoms with Crippen LogP contribution < -0.4 is 9.64 Å². The molecule has 4 saturated carbocycles. The summed E-state index contributed by atoms with van der Waals surface area (Å²) in [6, 6.07) is 5.16. The maximum atomic E-state index is 14.2. The van der Waals surface area contributed by atoms with Gasteiger partial charge in [0, 0.05) is 19.8 Å². The molecule has 1 aromatic rings. The molecule has 0 radical (unpaired) electrons. The minimum Gasteiger partial charge on any atom is -0.480 e. The molecule has 34 heavy (non-hydrogen) atoms. The number of hydrogen-bond donors (Lipinski definition) is 1. The number of anilines is 1. The zero-order valence-corrected chi connectivity index (χ0v) is 20.1. The highest BCUT2D eigenvalue weighted by Crippen LogP contribution is 2.66. The van der Waals surface area contributed by atoms with Gasteiger partial charge in [0.2, 0.25) is 5.91 Å². The van der Waals surface area contributed by atoms with Gasteiger partial charge in [-0.25, -0.2) is 9.59 Å². The molecule has 2 amide bonds. The van der Waals surface area contributed by atoms with Crippen molar-refractivity contribution in [1.82, 2.24) is 4.90 Å². The Morgan fingerprint density at radius 3 is 2.06 bits per heavy atom. The van der Waals surface area contributed by atoms with Crippen molar-refractivity contribution in [3.8, 4) is 5.75 Å². The zero-order valence-electron chi connectivity index (χ0n) is 20.1. The van der Waals surface area contributed by atoms with Gasteiger partial charge in [-0.05, 0) is 81.5 Å². The molecule has 9 heteroatoms. The fourth-order valence-electron chi connectivity index (χ4n) is 6.72. The average molecular weight is 473 g/mol. The highest BCUT2D eigenvalue weighted by molar-refractivity contribution is 6.03. The second kappa shape index (κ2) is 8.60. The number of aliphatic carboxylic acids is 1. The molecule has 184 valence electrons. The van der Waals surface area contributed by atoms with Crippen LogP contribution in [0.3, 0.4) is 0 Å². The van der Waals surface area contributed by atoms with Crippen molar-refractivity contribution in [1.29, 1.82) is 0 Å². The lowest BCUT2D eigenvalue weighted by Gasteiger charge is -2.60. The Hall–Kier alpha value is -3.10. The quantitative estimate of drug-likeness (QED) is 0.632. The van der Waals surface area contributed by atoms with Crippen molar-refractivity contribution in [3.05, 3.63) is 24.3 Å². The van der Waals surface area contributed by atoms with E-state index >= 15 is 0 Å². The van der Waals surface area contributed by atoms with E-state index < -0.39 is 28.9 Å². The molecular weight excluding hydrogens is 440 g/mol. The fourth-order valence-corrected chi connectivity index (χ4v) is 6.72. The largest absolute Gasteiger partial charge is 0.480 e. The fraction of sp³-hybridized carbons (Fsp3) is 0.600. The third kappa shape index (κ3) is 4.01. The van der Waals surface area contributed by atoms with E-state index in [1.54, 1.807) is 38.4 Å². The normalized spacial score (nSPS) is 29.8. The van der Waals surface area contributed by atoms with E-state index in [0.29, 0.717) is 24.9 Å². The molecule has 4 aliphatic carbocycles. The van der Waals surface area contributed by atoms with Gasteiger partial charge in [0.05, 0.1) is 17.9 Å². The van der Waals surface area contributed by atoms with Crippen LogP contribution in [-0.2, 0) is 19.1 Å². The molecule has 4 aliphatic rings. The van der Waals surface area contributed by atoms with Crippen LogP contribution in [0.2, 0.25) is 0 Å². The number of carboxylic acid groups (broad SMARTS) is 1. The molecule has 0 heterocycles. The molecule has 4 bridgehead atoms. The highest BCUT2D eigenvalue weighted by atomic mass is 16.6. The number of amides is 2. The molecule has 0 saturated heterocycles. The average Bonchev–Trinajstić information content (AvgIpc) is 2.78. The minimum atomic E-state index is -1.12. The van der Waals surface area contributed by atoms with Crippen LogP contribution in [0, 0.1) is 22.7 Å². The Balaban J connectivity index is 1.67. The summed E-state index contributed by atoms with van der Waals surface area (Å²) in [5.41, 5.74) is -1.05. The van der Waals surface area contributed by atoms with E-state index in [1.165, 1.54) is 23.8 Å². The molecule has 0 spiro atoms. The van der Waals surface area contributed by atoms with E-state index in [2.05, 4.69) is 0 Å². The van der Waals surface area contributed by atoms with Crippen LogP contribution in [0.1, 0.15) is 45.4 Å². The first kappa shape index (κ1) is 24.0. The number of benzene rings is 1. The smallest absolute Gasteiger partial charge is 0.414 e.